The van der Waals surface area contributed by atoms with Crippen LogP contribution in [0.3, 0.4) is 0 Å². The number of anilines is 1. The van der Waals surface area contributed by atoms with Gasteiger partial charge in [-0.1, -0.05) is 18.2 Å². The summed E-state index contributed by atoms with van der Waals surface area (Å²) in [5.41, 5.74) is 1.87. The minimum Gasteiger partial charge on any atom is -0.504 e. The number of benzene rings is 3. The van der Waals surface area contributed by atoms with E-state index in [4.69, 9.17) is 18.9 Å². The van der Waals surface area contributed by atoms with Crippen molar-refractivity contribution >= 4 is 29.8 Å². The van der Waals surface area contributed by atoms with Crippen LogP contribution in [0, 0.1) is 0 Å². The van der Waals surface area contributed by atoms with E-state index in [2.05, 4.69) is 5.32 Å². The lowest BCUT2D eigenvalue weighted by Crippen LogP contribution is -2.09. The van der Waals surface area contributed by atoms with Gasteiger partial charge in [0.05, 0.1) is 34.1 Å². The largest absolute Gasteiger partial charge is 0.504 e. The molecular weight excluding hydrogens is 466 g/mol. The summed E-state index contributed by atoms with van der Waals surface area (Å²) >= 11 is 0. The van der Waals surface area contributed by atoms with Gasteiger partial charge in [-0.2, -0.15) is 0 Å². The Balaban J connectivity index is 1.92. The summed E-state index contributed by atoms with van der Waals surface area (Å²) < 4.78 is 21.3. The van der Waals surface area contributed by atoms with E-state index in [0.29, 0.717) is 28.4 Å². The van der Waals surface area contributed by atoms with Gasteiger partial charge in [0.1, 0.15) is 0 Å². The van der Waals surface area contributed by atoms with Crippen molar-refractivity contribution in [3.63, 3.8) is 0 Å². The zero-order valence-electron chi connectivity index (χ0n) is 20.2. The molecule has 0 aliphatic carbocycles. The monoisotopic (exact) mass is 493 g/mol. The van der Waals surface area contributed by atoms with E-state index in [1.54, 1.807) is 36.4 Å². The molecule has 9 heteroatoms. The third-order valence-electron chi connectivity index (χ3n) is 5.21. The molecule has 36 heavy (non-hydrogen) atoms. The van der Waals surface area contributed by atoms with Gasteiger partial charge < -0.3 is 39.6 Å². The predicted octanol–water partition coefficient (Wildman–Crippen LogP) is 4.66. The molecule has 3 aromatic carbocycles. The maximum Gasteiger partial charge on any atom is 0.248 e. The van der Waals surface area contributed by atoms with Crippen LogP contribution in [0.15, 0.2) is 48.5 Å². The van der Waals surface area contributed by atoms with Gasteiger partial charge in [-0.05, 0) is 53.6 Å². The Bertz CT molecular complexity index is 1290. The zero-order valence-corrected chi connectivity index (χ0v) is 20.2. The van der Waals surface area contributed by atoms with Crippen LogP contribution in [0.2, 0.25) is 0 Å². The Labute approximate surface area is 208 Å². The highest BCUT2D eigenvalue weighted by molar-refractivity contribution is 6.04. The fourth-order valence-corrected chi connectivity index (χ4v) is 3.39. The number of hydrogen-bond donors (Lipinski definition) is 4. The van der Waals surface area contributed by atoms with Crippen LogP contribution in [0.5, 0.6) is 40.2 Å². The topological polar surface area (TPSA) is 127 Å². The van der Waals surface area contributed by atoms with Gasteiger partial charge >= 0.3 is 0 Å². The molecular formula is C27H27NO8. The predicted molar refractivity (Wildman–Crippen MR) is 137 cm³/mol. The number of ether oxygens (including phenoxy) is 4. The van der Waals surface area contributed by atoms with Crippen LogP contribution in [-0.2, 0) is 4.79 Å². The molecule has 188 valence electrons. The molecule has 4 N–H and O–H groups in total. The Morgan fingerprint density at radius 1 is 0.722 bits per heavy atom. The van der Waals surface area contributed by atoms with Crippen molar-refractivity contribution < 1.29 is 39.1 Å². The number of methoxy groups -OCH3 is 4. The second kappa shape index (κ2) is 11.6. The molecule has 0 aromatic heterocycles. The summed E-state index contributed by atoms with van der Waals surface area (Å²) in [5.74, 6) is 0.260. The van der Waals surface area contributed by atoms with Gasteiger partial charge in [-0.25, -0.2) is 0 Å². The van der Waals surface area contributed by atoms with Crippen LogP contribution < -0.4 is 24.3 Å². The van der Waals surface area contributed by atoms with Crippen LogP contribution in [0.1, 0.15) is 16.7 Å². The highest BCUT2D eigenvalue weighted by Gasteiger charge is 2.15. The van der Waals surface area contributed by atoms with Crippen molar-refractivity contribution in [2.75, 3.05) is 33.8 Å². The van der Waals surface area contributed by atoms with E-state index in [1.807, 2.05) is 0 Å². The molecule has 0 saturated heterocycles. The minimum atomic E-state index is -0.534. The molecule has 0 aliphatic rings. The minimum absolute atomic E-state index is 0.140. The van der Waals surface area contributed by atoms with Crippen LogP contribution in [0.25, 0.3) is 18.2 Å². The molecule has 1 amide bonds. The smallest absolute Gasteiger partial charge is 0.248 e. The Morgan fingerprint density at radius 2 is 1.39 bits per heavy atom. The number of phenolic OH excluding ortho intramolecular Hbond substituents is 3. The maximum atomic E-state index is 12.6. The van der Waals surface area contributed by atoms with Crippen LogP contribution in [0.4, 0.5) is 5.69 Å². The number of phenols is 3. The van der Waals surface area contributed by atoms with Crippen molar-refractivity contribution in [1.29, 1.82) is 0 Å². The molecule has 3 rings (SSSR count). The number of carbonyl (C=O) groups is 1. The molecule has 3 aromatic rings. The summed E-state index contributed by atoms with van der Waals surface area (Å²) in [4.78, 5) is 12.6. The van der Waals surface area contributed by atoms with Crippen molar-refractivity contribution in [2.24, 2.45) is 0 Å². The Morgan fingerprint density at radius 3 is 1.97 bits per heavy atom. The molecule has 0 saturated carbocycles. The fourth-order valence-electron chi connectivity index (χ4n) is 3.39. The molecule has 0 unspecified atom stereocenters. The average molecular weight is 494 g/mol. The molecule has 9 nitrogen and oxygen atoms in total. The first kappa shape index (κ1) is 25.8. The molecule has 0 bridgehead atoms. The number of carbonyl (C=O) groups excluding carboxylic acids is 1. The number of aromatic hydroxyl groups is 3. The zero-order chi connectivity index (χ0) is 26.2. The summed E-state index contributed by atoms with van der Waals surface area (Å²) in [7, 11) is 5.97. The number of hydrogen-bond acceptors (Lipinski definition) is 8. The Kier molecular flexibility index (Phi) is 8.30. The van der Waals surface area contributed by atoms with Crippen molar-refractivity contribution in [3.05, 3.63) is 65.2 Å². The van der Waals surface area contributed by atoms with Gasteiger partial charge in [-0.15, -0.1) is 0 Å². The van der Waals surface area contributed by atoms with E-state index in [-0.39, 0.29) is 28.7 Å². The third kappa shape index (κ3) is 5.82. The maximum absolute atomic E-state index is 12.6. The van der Waals surface area contributed by atoms with Gasteiger partial charge in [-0.3, -0.25) is 4.79 Å². The molecule has 0 spiro atoms. The van der Waals surface area contributed by atoms with E-state index in [9.17, 15) is 20.1 Å². The Hall–Kier alpha value is -4.79. The lowest BCUT2D eigenvalue weighted by atomic mass is 10.1. The van der Waals surface area contributed by atoms with Gasteiger partial charge in [0.25, 0.3) is 0 Å². The first-order chi connectivity index (χ1) is 17.3. The quantitative estimate of drug-likeness (QED) is 0.193. The van der Waals surface area contributed by atoms with Crippen LogP contribution >= 0.6 is 0 Å². The summed E-state index contributed by atoms with van der Waals surface area (Å²) in [6.07, 6.45) is 6.15. The fraction of sp³-hybridized carbons (Fsp3) is 0.148. The SMILES string of the molecule is COc1ccc(/C=C/c2cc(OC)c(OC)c(OC)c2)c(NC(=O)/C=C/c2ccc(O)c(O)c2)c1O. The molecule has 0 heterocycles. The molecule has 0 fully saturated rings. The molecule has 0 atom stereocenters. The van der Waals surface area contributed by atoms with Crippen molar-refractivity contribution in [1.82, 2.24) is 0 Å². The van der Waals surface area contributed by atoms with Crippen molar-refractivity contribution in [3.8, 4) is 40.2 Å². The second-order valence-corrected chi connectivity index (χ2v) is 7.44. The standard InChI is InChI=1S/C27H27NO8/c1-33-21-11-9-18(8-5-17-14-22(34-2)27(36-4)23(15-17)35-3)25(26(21)32)28-24(31)12-7-16-6-10-19(29)20(30)13-16/h5-15,29-30,32H,1-4H3,(H,28,31)/b8-5+,12-7+. The molecule has 0 radical (unpaired) electrons. The third-order valence-corrected chi connectivity index (χ3v) is 5.21. The highest BCUT2D eigenvalue weighted by atomic mass is 16.5. The summed E-state index contributed by atoms with van der Waals surface area (Å²) in [6.45, 7) is 0. The first-order valence-corrected chi connectivity index (χ1v) is 10.7. The van der Waals surface area contributed by atoms with Gasteiger partial charge in [0.15, 0.2) is 34.5 Å². The average Bonchev–Trinajstić information content (AvgIpc) is 2.88. The van der Waals surface area contributed by atoms with E-state index in [0.717, 1.165) is 5.56 Å². The number of rotatable bonds is 9. The van der Waals surface area contributed by atoms with Crippen LogP contribution in [-0.4, -0.2) is 49.7 Å². The van der Waals surface area contributed by atoms with E-state index in [1.165, 1.54) is 58.8 Å². The lowest BCUT2D eigenvalue weighted by molar-refractivity contribution is -0.111. The highest BCUT2D eigenvalue weighted by Crippen LogP contribution is 2.40. The van der Waals surface area contributed by atoms with Gasteiger partial charge in [0.2, 0.25) is 11.7 Å². The molecule has 0 aliphatic heterocycles. The van der Waals surface area contributed by atoms with E-state index < -0.39 is 5.91 Å². The second-order valence-electron chi connectivity index (χ2n) is 7.44. The number of nitrogens with one attached hydrogen (secondary N) is 1. The summed E-state index contributed by atoms with van der Waals surface area (Å²) in [6, 6.07) is 10.9. The van der Waals surface area contributed by atoms with Gasteiger partial charge in [0, 0.05) is 11.6 Å². The summed E-state index contributed by atoms with van der Waals surface area (Å²) in [5, 5.41) is 32.4. The number of amides is 1. The normalized spacial score (nSPS) is 11.0. The van der Waals surface area contributed by atoms with Crippen molar-refractivity contribution in [2.45, 2.75) is 0 Å². The lowest BCUT2D eigenvalue weighted by Gasteiger charge is -2.14. The van der Waals surface area contributed by atoms with E-state index >= 15 is 0 Å². The first-order valence-electron chi connectivity index (χ1n) is 10.7.